The molecule has 1 aromatic carbocycles. The van der Waals surface area contributed by atoms with Crippen molar-refractivity contribution in [2.75, 3.05) is 6.61 Å². The van der Waals surface area contributed by atoms with Gasteiger partial charge in [-0.3, -0.25) is 0 Å². The summed E-state index contributed by atoms with van der Waals surface area (Å²) in [6, 6.07) is 5.23. The summed E-state index contributed by atoms with van der Waals surface area (Å²) in [5.41, 5.74) is 6.23. The van der Waals surface area contributed by atoms with Crippen molar-refractivity contribution in [1.82, 2.24) is 0 Å². The normalized spacial score (nSPS) is 18.3. The summed E-state index contributed by atoms with van der Waals surface area (Å²) in [6.45, 7) is 0.618. The van der Waals surface area contributed by atoms with Crippen LogP contribution in [0.25, 0.3) is 0 Å². The molecule has 4 heteroatoms. The Balaban J connectivity index is 1.85. The van der Waals surface area contributed by atoms with E-state index in [-0.39, 0.29) is 5.54 Å². The zero-order valence-electron chi connectivity index (χ0n) is 9.72. The summed E-state index contributed by atoms with van der Waals surface area (Å²) in [7, 11) is 0. The van der Waals surface area contributed by atoms with Crippen molar-refractivity contribution in [2.45, 2.75) is 37.6 Å². The van der Waals surface area contributed by atoms with Crippen LogP contribution in [-0.4, -0.2) is 12.1 Å². The highest BCUT2D eigenvalue weighted by atomic mass is 35.5. The first kappa shape index (κ1) is 13.0. The SMILES string of the molecule is NC1(CCOc2cc(Cl)cc(Cl)c2)CCCC1. The maximum absolute atomic E-state index is 6.25. The van der Waals surface area contributed by atoms with Crippen LogP contribution in [0.1, 0.15) is 32.1 Å². The fraction of sp³-hybridized carbons (Fsp3) is 0.538. The van der Waals surface area contributed by atoms with E-state index in [0.717, 1.165) is 19.3 Å². The molecule has 0 heterocycles. The Morgan fingerprint density at radius 2 is 1.71 bits per heavy atom. The molecule has 0 amide bonds. The number of ether oxygens (including phenoxy) is 1. The smallest absolute Gasteiger partial charge is 0.122 e. The molecule has 1 aromatic rings. The minimum Gasteiger partial charge on any atom is -0.493 e. The molecule has 2 rings (SSSR count). The molecular formula is C13H17Cl2NO. The first-order valence-corrected chi connectivity index (χ1v) is 6.71. The highest BCUT2D eigenvalue weighted by molar-refractivity contribution is 6.34. The number of nitrogens with two attached hydrogens (primary N) is 1. The molecule has 1 fully saturated rings. The number of hydrogen-bond donors (Lipinski definition) is 1. The first-order chi connectivity index (χ1) is 8.07. The van der Waals surface area contributed by atoms with Gasteiger partial charge < -0.3 is 10.5 Å². The molecule has 17 heavy (non-hydrogen) atoms. The maximum Gasteiger partial charge on any atom is 0.122 e. The third-order valence-corrected chi connectivity index (χ3v) is 3.74. The van der Waals surface area contributed by atoms with Gasteiger partial charge >= 0.3 is 0 Å². The van der Waals surface area contributed by atoms with Crippen LogP contribution in [0.2, 0.25) is 10.0 Å². The van der Waals surface area contributed by atoms with Gasteiger partial charge in [0.25, 0.3) is 0 Å². The Hall–Kier alpha value is -0.440. The average Bonchev–Trinajstić information content (AvgIpc) is 2.64. The number of hydrogen-bond acceptors (Lipinski definition) is 2. The van der Waals surface area contributed by atoms with Crippen LogP contribution in [0.5, 0.6) is 5.75 Å². The Bertz CT molecular complexity index is 369. The Morgan fingerprint density at radius 1 is 1.12 bits per heavy atom. The molecule has 0 unspecified atom stereocenters. The van der Waals surface area contributed by atoms with Crippen LogP contribution < -0.4 is 10.5 Å². The summed E-state index contributed by atoms with van der Waals surface area (Å²) in [5.74, 6) is 0.712. The highest BCUT2D eigenvalue weighted by Crippen LogP contribution is 2.30. The largest absolute Gasteiger partial charge is 0.493 e. The van der Waals surface area contributed by atoms with Gasteiger partial charge in [0.15, 0.2) is 0 Å². The number of rotatable bonds is 4. The predicted molar refractivity (Wildman–Crippen MR) is 72.0 cm³/mol. The molecule has 1 aliphatic rings. The Labute approximate surface area is 112 Å². The topological polar surface area (TPSA) is 35.2 Å². The van der Waals surface area contributed by atoms with E-state index >= 15 is 0 Å². The van der Waals surface area contributed by atoms with Gasteiger partial charge in [-0.25, -0.2) is 0 Å². The van der Waals surface area contributed by atoms with Crippen LogP contribution >= 0.6 is 23.2 Å². The lowest BCUT2D eigenvalue weighted by molar-refractivity contribution is 0.258. The molecule has 0 saturated heterocycles. The third-order valence-electron chi connectivity index (χ3n) is 3.30. The van der Waals surface area contributed by atoms with E-state index in [1.54, 1.807) is 18.2 Å². The summed E-state index contributed by atoms with van der Waals surface area (Å²) >= 11 is 11.8. The standard InChI is InChI=1S/C13H17Cl2NO/c14-10-7-11(15)9-12(8-10)17-6-5-13(16)3-1-2-4-13/h7-9H,1-6,16H2. The molecule has 0 aromatic heterocycles. The Kier molecular flexibility index (Phi) is 4.18. The second-order valence-corrected chi connectivity index (χ2v) is 5.65. The van der Waals surface area contributed by atoms with Gasteiger partial charge in [0.1, 0.15) is 5.75 Å². The van der Waals surface area contributed by atoms with Crippen LogP contribution in [-0.2, 0) is 0 Å². The summed E-state index contributed by atoms with van der Waals surface area (Å²) in [5, 5.41) is 1.19. The van der Waals surface area contributed by atoms with E-state index in [4.69, 9.17) is 33.7 Å². The van der Waals surface area contributed by atoms with E-state index in [2.05, 4.69) is 0 Å². The fourth-order valence-electron chi connectivity index (χ4n) is 2.31. The van der Waals surface area contributed by atoms with E-state index in [1.165, 1.54) is 12.8 Å². The molecule has 0 spiro atoms. The number of halogens is 2. The van der Waals surface area contributed by atoms with E-state index in [1.807, 2.05) is 0 Å². The van der Waals surface area contributed by atoms with Gasteiger partial charge in [0.2, 0.25) is 0 Å². The lowest BCUT2D eigenvalue weighted by Gasteiger charge is -2.23. The molecule has 1 aliphatic carbocycles. The quantitative estimate of drug-likeness (QED) is 0.899. The van der Waals surface area contributed by atoms with E-state index in [0.29, 0.717) is 22.4 Å². The minimum atomic E-state index is -0.0254. The van der Waals surface area contributed by atoms with Crippen LogP contribution in [0.4, 0.5) is 0 Å². The van der Waals surface area contributed by atoms with Crippen LogP contribution in [0.15, 0.2) is 18.2 Å². The van der Waals surface area contributed by atoms with Crippen molar-refractivity contribution in [3.63, 3.8) is 0 Å². The zero-order valence-corrected chi connectivity index (χ0v) is 11.2. The zero-order chi connectivity index (χ0) is 12.3. The minimum absolute atomic E-state index is 0.0254. The van der Waals surface area contributed by atoms with Crippen molar-refractivity contribution < 1.29 is 4.74 Å². The molecule has 0 atom stereocenters. The molecule has 0 radical (unpaired) electrons. The van der Waals surface area contributed by atoms with Crippen LogP contribution in [0.3, 0.4) is 0 Å². The first-order valence-electron chi connectivity index (χ1n) is 5.95. The molecule has 94 valence electrons. The van der Waals surface area contributed by atoms with Gasteiger partial charge in [-0.15, -0.1) is 0 Å². The van der Waals surface area contributed by atoms with Crippen molar-refractivity contribution >= 4 is 23.2 Å². The highest BCUT2D eigenvalue weighted by Gasteiger charge is 2.28. The fourth-order valence-corrected chi connectivity index (χ4v) is 2.82. The van der Waals surface area contributed by atoms with E-state index in [9.17, 15) is 0 Å². The Morgan fingerprint density at radius 3 is 2.29 bits per heavy atom. The van der Waals surface area contributed by atoms with Gasteiger partial charge in [0, 0.05) is 15.6 Å². The summed E-state index contributed by atoms with van der Waals surface area (Å²) in [6.07, 6.45) is 5.56. The van der Waals surface area contributed by atoms with Crippen molar-refractivity contribution in [2.24, 2.45) is 5.73 Å². The van der Waals surface area contributed by atoms with Gasteiger partial charge in [-0.05, 0) is 37.5 Å². The molecular weight excluding hydrogens is 257 g/mol. The van der Waals surface area contributed by atoms with E-state index < -0.39 is 0 Å². The molecule has 2 nitrogen and oxygen atoms in total. The van der Waals surface area contributed by atoms with Gasteiger partial charge in [-0.1, -0.05) is 36.0 Å². The average molecular weight is 274 g/mol. The molecule has 1 saturated carbocycles. The lowest BCUT2D eigenvalue weighted by Crippen LogP contribution is -2.37. The summed E-state index contributed by atoms with van der Waals surface area (Å²) < 4.78 is 5.65. The molecule has 2 N–H and O–H groups in total. The second kappa shape index (κ2) is 5.47. The summed E-state index contributed by atoms with van der Waals surface area (Å²) in [4.78, 5) is 0. The van der Waals surface area contributed by atoms with Gasteiger partial charge in [0.05, 0.1) is 6.61 Å². The van der Waals surface area contributed by atoms with Crippen molar-refractivity contribution in [3.8, 4) is 5.75 Å². The molecule has 0 bridgehead atoms. The monoisotopic (exact) mass is 273 g/mol. The lowest BCUT2D eigenvalue weighted by atomic mass is 9.95. The van der Waals surface area contributed by atoms with Crippen molar-refractivity contribution in [1.29, 1.82) is 0 Å². The van der Waals surface area contributed by atoms with Crippen LogP contribution in [0, 0.1) is 0 Å². The third kappa shape index (κ3) is 3.77. The maximum atomic E-state index is 6.25. The predicted octanol–water partition coefficient (Wildman–Crippen LogP) is 4.03. The number of benzene rings is 1. The molecule has 0 aliphatic heterocycles. The van der Waals surface area contributed by atoms with Crippen molar-refractivity contribution in [3.05, 3.63) is 28.2 Å². The second-order valence-electron chi connectivity index (χ2n) is 4.77. The van der Waals surface area contributed by atoms with Gasteiger partial charge in [-0.2, -0.15) is 0 Å².